The Hall–Kier alpha value is -1.60. The van der Waals surface area contributed by atoms with Crippen molar-refractivity contribution < 1.29 is 17.9 Å². The third-order valence-corrected chi connectivity index (χ3v) is 3.81. The van der Waals surface area contributed by atoms with Crippen molar-refractivity contribution in [2.45, 2.75) is 17.9 Å². The van der Waals surface area contributed by atoms with E-state index in [0.717, 1.165) is 6.26 Å². The van der Waals surface area contributed by atoms with Gasteiger partial charge in [-0.1, -0.05) is 12.1 Å². The van der Waals surface area contributed by atoms with Crippen LogP contribution in [-0.2, 0) is 19.4 Å². The number of para-hydroxylation sites is 1. The number of methoxy groups -OCH3 is 1. The molecule has 1 atom stereocenters. The molecule has 0 saturated heterocycles. The Morgan fingerprint density at radius 1 is 1.35 bits per heavy atom. The third kappa shape index (κ3) is 4.82. The largest absolute Gasteiger partial charge is 0.383 e. The smallest absolute Gasteiger partial charge is 0.242 e. The highest BCUT2D eigenvalue weighted by Crippen LogP contribution is 2.21. The summed E-state index contributed by atoms with van der Waals surface area (Å²) in [4.78, 5) is 12.0. The first kappa shape index (κ1) is 16.5. The van der Waals surface area contributed by atoms with E-state index in [1.807, 2.05) is 0 Å². The fourth-order valence-electron chi connectivity index (χ4n) is 1.64. The topological polar surface area (TPSA) is 84.5 Å². The Kier molecular flexibility index (Phi) is 5.97. The average molecular weight is 300 g/mol. The minimum atomic E-state index is -3.34. The summed E-state index contributed by atoms with van der Waals surface area (Å²) < 4.78 is 28.2. The first-order valence-corrected chi connectivity index (χ1v) is 8.07. The van der Waals surface area contributed by atoms with Gasteiger partial charge in [-0.2, -0.15) is 0 Å². The maximum Gasteiger partial charge on any atom is 0.242 e. The van der Waals surface area contributed by atoms with Crippen LogP contribution in [0.2, 0.25) is 0 Å². The number of sulfone groups is 1. The highest BCUT2D eigenvalue weighted by molar-refractivity contribution is 7.90. The van der Waals surface area contributed by atoms with Crippen molar-refractivity contribution >= 4 is 21.4 Å². The van der Waals surface area contributed by atoms with E-state index in [1.165, 1.54) is 6.07 Å². The molecule has 1 rings (SSSR count). The van der Waals surface area contributed by atoms with Gasteiger partial charge in [-0.15, -0.1) is 0 Å². The number of amides is 1. The predicted octanol–water partition coefficient (Wildman–Crippen LogP) is 0.653. The summed E-state index contributed by atoms with van der Waals surface area (Å²) in [5.74, 6) is -0.217. The number of ether oxygens (including phenoxy) is 1. The monoisotopic (exact) mass is 300 g/mol. The number of anilines is 1. The molecular formula is C13H20N2O4S. The second-order valence-electron chi connectivity index (χ2n) is 4.42. The van der Waals surface area contributed by atoms with Crippen molar-refractivity contribution in [3.63, 3.8) is 0 Å². The zero-order chi connectivity index (χ0) is 15.2. The van der Waals surface area contributed by atoms with E-state index in [1.54, 1.807) is 32.2 Å². The maximum atomic E-state index is 11.8. The van der Waals surface area contributed by atoms with Gasteiger partial charge in [0.1, 0.15) is 6.04 Å². The van der Waals surface area contributed by atoms with Crippen LogP contribution in [-0.4, -0.2) is 46.9 Å². The SMILES string of the molecule is COCCNC(=O)C(C)Nc1ccccc1S(C)(=O)=O. The summed E-state index contributed by atoms with van der Waals surface area (Å²) in [6.45, 7) is 2.51. The van der Waals surface area contributed by atoms with E-state index in [9.17, 15) is 13.2 Å². The van der Waals surface area contributed by atoms with Crippen LogP contribution in [0.5, 0.6) is 0 Å². The van der Waals surface area contributed by atoms with E-state index in [2.05, 4.69) is 10.6 Å². The molecule has 0 fully saturated rings. The molecule has 20 heavy (non-hydrogen) atoms. The van der Waals surface area contributed by atoms with Crippen molar-refractivity contribution in [2.24, 2.45) is 0 Å². The molecule has 0 heterocycles. The molecule has 0 spiro atoms. The fraction of sp³-hybridized carbons (Fsp3) is 0.462. The van der Waals surface area contributed by atoms with Gasteiger partial charge in [-0.05, 0) is 19.1 Å². The van der Waals surface area contributed by atoms with Crippen molar-refractivity contribution in [3.8, 4) is 0 Å². The lowest BCUT2D eigenvalue weighted by atomic mass is 10.2. The van der Waals surface area contributed by atoms with Crippen LogP contribution in [0, 0.1) is 0 Å². The van der Waals surface area contributed by atoms with Gasteiger partial charge in [0, 0.05) is 19.9 Å². The van der Waals surface area contributed by atoms with Crippen LogP contribution in [0.4, 0.5) is 5.69 Å². The number of hydrogen-bond donors (Lipinski definition) is 2. The molecular weight excluding hydrogens is 280 g/mol. The second kappa shape index (κ2) is 7.25. The van der Waals surface area contributed by atoms with Crippen molar-refractivity contribution in [1.29, 1.82) is 0 Å². The molecule has 6 nitrogen and oxygen atoms in total. The van der Waals surface area contributed by atoms with Crippen LogP contribution in [0.15, 0.2) is 29.2 Å². The van der Waals surface area contributed by atoms with E-state index < -0.39 is 15.9 Å². The zero-order valence-corrected chi connectivity index (χ0v) is 12.7. The van der Waals surface area contributed by atoms with Gasteiger partial charge in [0.15, 0.2) is 9.84 Å². The normalized spacial score (nSPS) is 12.8. The minimum absolute atomic E-state index is 0.177. The lowest BCUT2D eigenvalue weighted by Crippen LogP contribution is -2.39. The number of nitrogens with one attached hydrogen (secondary N) is 2. The summed E-state index contributed by atoms with van der Waals surface area (Å²) >= 11 is 0. The molecule has 0 saturated carbocycles. The first-order valence-electron chi connectivity index (χ1n) is 6.18. The summed E-state index contributed by atoms with van der Waals surface area (Å²) in [5.41, 5.74) is 0.421. The standard InChI is InChI=1S/C13H20N2O4S/c1-10(13(16)14-8-9-19-2)15-11-6-4-5-7-12(11)20(3,17)18/h4-7,10,15H,8-9H2,1-3H3,(H,14,16). The van der Waals surface area contributed by atoms with Gasteiger partial charge in [0.05, 0.1) is 17.2 Å². The Bertz CT molecular complexity index is 557. The molecule has 0 aliphatic heterocycles. The average Bonchev–Trinajstić information content (AvgIpc) is 2.38. The molecule has 1 amide bonds. The molecule has 2 N–H and O–H groups in total. The quantitative estimate of drug-likeness (QED) is 0.722. The van der Waals surface area contributed by atoms with Gasteiger partial charge in [0.2, 0.25) is 5.91 Å². The Balaban J connectivity index is 2.76. The predicted molar refractivity (Wildman–Crippen MR) is 77.5 cm³/mol. The summed E-state index contributed by atoms with van der Waals surface area (Å²) in [7, 11) is -1.79. The number of hydrogen-bond acceptors (Lipinski definition) is 5. The molecule has 0 bridgehead atoms. The summed E-state index contributed by atoms with van der Waals surface area (Å²) in [6.07, 6.45) is 1.14. The second-order valence-corrected chi connectivity index (χ2v) is 6.40. The van der Waals surface area contributed by atoms with E-state index in [4.69, 9.17) is 4.74 Å². The fourth-order valence-corrected chi connectivity index (χ4v) is 2.49. The highest BCUT2D eigenvalue weighted by atomic mass is 32.2. The first-order chi connectivity index (χ1) is 9.36. The van der Waals surface area contributed by atoms with Gasteiger partial charge < -0.3 is 15.4 Å². The van der Waals surface area contributed by atoms with E-state index >= 15 is 0 Å². The molecule has 1 unspecified atom stereocenters. The Morgan fingerprint density at radius 3 is 2.60 bits per heavy atom. The molecule has 112 valence electrons. The van der Waals surface area contributed by atoms with Crippen molar-refractivity contribution in [1.82, 2.24) is 5.32 Å². The number of carbonyl (C=O) groups excluding carboxylic acids is 1. The van der Waals surface area contributed by atoms with E-state index in [0.29, 0.717) is 18.8 Å². The lowest BCUT2D eigenvalue weighted by molar-refractivity contribution is -0.121. The third-order valence-electron chi connectivity index (χ3n) is 2.66. The molecule has 1 aromatic rings. The van der Waals surface area contributed by atoms with E-state index in [-0.39, 0.29) is 10.8 Å². The van der Waals surface area contributed by atoms with Crippen LogP contribution >= 0.6 is 0 Å². The molecule has 0 aromatic heterocycles. The van der Waals surface area contributed by atoms with Crippen LogP contribution in [0.3, 0.4) is 0 Å². The lowest BCUT2D eigenvalue weighted by Gasteiger charge is -2.17. The van der Waals surface area contributed by atoms with Crippen LogP contribution in [0.25, 0.3) is 0 Å². The van der Waals surface area contributed by atoms with Crippen molar-refractivity contribution in [2.75, 3.05) is 31.8 Å². The van der Waals surface area contributed by atoms with Gasteiger partial charge in [-0.3, -0.25) is 4.79 Å². The van der Waals surface area contributed by atoms with Gasteiger partial charge >= 0.3 is 0 Å². The van der Waals surface area contributed by atoms with Crippen LogP contribution < -0.4 is 10.6 Å². The highest BCUT2D eigenvalue weighted by Gasteiger charge is 2.17. The Morgan fingerprint density at radius 2 is 2.00 bits per heavy atom. The maximum absolute atomic E-state index is 11.8. The molecule has 0 aliphatic rings. The summed E-state index contributed by atoms with van der Waals surface area (Å²) in [6, 6.07) is 5.95. The zero-order valence-electron chi connectivity index (χ0n) is 11.8. The molecule has 1 aromatic carbocycles. The minimum Gasteiger partial charge on any atom is -0.383 e. The van der Waals surface area contributed by atoms with Gasteiger partial charge in [-0.25, -0.2) is 8.42 Å². The molecule has 0 radical (unpaired) electrons. The number of carbonyl (C=O) groups is 1. The summed E-state index contributed by atoms with van der Waals surface area (Å²) in [5, 5.41) is 5.60. The van der Waals surface area contributed by atoms with Crippen LogP contribution in [0.1, 0.15) is 6.92 Å². The van der Waals surface area contributed by atoms with Gasteiger partial charge in [0.25, 0.3) is 0 Å². The Labute approximate surface area is 119 Å². The molecule has 7 heteroatoms. The molecule has 0 aliphatic carbocycles. The van der Waals surface area contributed by atoms with Crippen molar-refractivity contribution in [3.05, 3.63) is 24.3 Å². The number of benzene rings is 1. The number of rotatable bonds is 7.